The van der Waals surface area contributed by atoms with Crippen LogP contribution in [-0.2, 0) is 14.3 Å². The van der Waals surface area contributed by atoms with Gasteiger partial charge in [-0.25, -0.2) is 0 Å². The van der Waals surface area contributed by atoms with Crippen molar-refractivity contribution < 1.29 is 24.5 Å². The summed E-state index contributed by atoms with van der Waals surface area (Å²) in [7, 11) is 0. The topological polar surface area (TPSA) is 151 Å². The Morgan fingerprint density at radius 3 is 2.48 bits per heavy atom. The van der Waals surface area contributed by atoms with Gasteiger partial charge in [0.05, 0.1) is 12.2 Å². The summed E-state index contributed by atoms with van der Waals surface area (Å²) in [5, 5.41) is 23.2. The molecule has 132 valence electrons. The molecule has 23 heavy (non-hydrogen) atoms. The number of hydrogen-bond donors (Lipinski definition) is 3. The average molecular weight is 330 g/mol. The van der Waals surface area contributed by atoms with Gasteiger partial charge in [0.1, 0.15) is 23.9 Å². The maximum absolute atomic E-state index is 11.9. The second-order valence-corrected chi connectivity index (χ2v) is 6.83. The van der Waals surface area contributed by atoms with Crippen LogP contribution in [0.25, 0.3) is 10.4 Å². The Labute approximate surface area is 135 Å². The molecule has 4 unspecified atom stereocenters. The third-order valence-electron chi connectivity index (χ3n) is 3.56. The van der Waals surface area contributed by atoms with Gasteiger partial charge in [-0.15, -0.1) is 0 Å². The van der Waals surface area contributed by atoms with Gasteiger partial charge in [0.15, 0.2) is 0 Å². The minimum Gasteiger partial charge on any atom is -0.459 e. The fourth-order valence-corrected chi connectivity index (χ4v) is 2.43. The quantitative estimate of drug-likeness (QED) is 0.281. The van der Waals surface area contributed by atoms with Crippen molar-refractivity contribution in [2.45, 2.75) is 82.6 Å². The Morgan fingerprint density at radius 2 is 2.04 bits per heavy atom. The van der Waals surface area contributed by atoms with Gasteiger partial charge in [-0.3, -0.25) is 4.79 Å². The maximum atomic E-state index is 11.9. The fourth-order valence-electron chi connectivity index (χ4n) is 2.43. The van der Waals surface area contributed by atoms with Crippen LogP contribution in [-0.4, -0.2) is 58.3 Å². The second kappa shape index (κ2) is 7.94. The molecule has 1 fully saturated rings. The van der Waals surface area contributed by atoms with E-state index in [4.69, 9.17) is 20.7 Å². The number of hydrogen-bond acceptors (Lipinski definition) is 7. The standard InChI is InChI=1S/C14H26N4O5/c1-7-11(19)12(20)10(22-7)6-8(17-18-16)5-9(15)13(21)23-14(2,3)4/h7-12,19-20H,5-6,15H2,1-4H3/t7?,8?,9?,10-,11?,12+/m1/s1. The van der Waals surface area contributed by atoms with E-state index in [0.29, 0.717) is 0 Å². The van der Waals surface area contributed by atoms with Crippen LogP contribution in [0.2, 0.25) is 0 Å². The SMILES string of the molecule is CC1O[C@H](CC(CC(N)C(=O)OC(C)(C)C)N=[N+]=[N-])[C@H](O)C1O. The number of nitrogens with zero attached hydrogens (tertiary/aromatic N) is 3. The van der Waals surface area contributed by atoms with Crippen LogP contribution in [0.5, 0.6) is 0 Å². The molecular weight excluding hydrogens is 304 g/mol. The highest BCUT2D eigenvalue weighted by Crippen LogP contribution is 2.26. The Balaban J connectivity index is 2.65. The predicted octanol–water partition coefficient (Wildman–Crippen LogP) is 0.624. The van der Waals surface area contributed by atoms with Crippen LogP contribution in [0.15, 0.2) is 5.11 Å². The molecule has 1 aliphatic heterocycles. The van der Waals surface area contributed by atoms with Gasteiger partial charge in [0, 0.05) is 11.0 Å². The number of esters is 1. The summed E-state index contributed by atoms with van der Waals surface area (Å²) in [6, 6.07) is -1.61. The molecule has 0 saturated carbocycles. The number of aliphatic hydroxyl groups is 2. The fraction of sp³-hybridized carbons (Fsp3) is 0.929. The number of carbonyl (C=O) groups excluding carboxylic acids is 1. The van der Waals surface area contributed by atoms with Crippen molar-refractivity contribution in [1.82, 2.24) is 0 Å². The van der Waals surface area contributed by atoms with Crippen molar-refractivity contribution in [2.75, 3.05) is 0 Å². The number of nitrogens with two attached hydrogens (primary N) is 1. The van der Waals surface area contributed by atoms with Crippen LogP contribution < -0.4 is 5.73 Å². The van der Waals surface area contributed by atoms with E-state index in [1.807, 2.05) is 0 Å². The maximum Gasteiger partial charge on any atom is 0.323 e. The zero-order valence-corrected chi connectivity index (χ0v) is 13.9. The lowest BCUT2D eigenvalue weighted by Gasteiger charge is -2.24. The Morgan fingerprint density at radius 1 is 1.43 bits per heavy atom. The van der Waals surface area contributed by atoms with E-state index in [1.165, 1.54) is 0 Å². The first-order chi connectivity index (χ1) is 10.5. The largest absolute Gasteiger partial charge is 0.459 e. The Bertz CT molecular complexity index is 461. The van der Waals surface area contributed by atoms with E-state index >= 15 is 0 Å². The normalized spacial score (nSPS) is 30.4. The molecule has 6 atom stereocenters. The number of carbonyl (C=O) groups is 1. The first-order valence-corrected chi connectivity index (χ1v) is 7.59. The molecule has 1 saturated heterocycles. The number of ether oxygens (including phenoxy) is 2. The summed E-state index contributed by atoms with van der Waals surface area (Å²) < 4.78 is 10.6. The third kappa shape index (κ3) is 5.96. The molecule has 4 N–H and O–H groups in total. The van der Waals surface area contributed by atoms with E-state index in [-0.39, 0.29) is 12.8 Å². The van der Waals surface area contributed by atoms with Crippen molar-refractivity contribution in [1.29, 1.82) is 0 Å². The van der Waals surface area contributed by atoms with Gasteiger partial charge in [0.25, 0.3) is 0 Å². The smallest absolute Gasteiger partial charge is 0.323 e. The summed E-state index contributed by atoms with van der Waals surface area (Å²) in [5.74, 6) is -0.586. The third-order valence-corrected chi connectivity index (χ3v) is 3.56. The first kappa shape index (κ1) is 19.7. The average Bonchev–Trinajstić information content (AvgIpc) is 2.64. The van der Waals surface area contributed by atoms with E-state index in [0.717, 1.165) is 0 Å². The van der Waals surface area contributed by atoms with Crippen molar-refractivity contribution >= 4 is 5.97 Å². The lowest BCUT2D eigenvalue weighted by Crippen LogP contribution is -2.40. The summed E-state index contributed by atoms with van der Waals surface area (Å²) in [6.45, 7) is 6.83. The number of azide groups is 1. The molecule has 0 aromatic carbocycles. The molecule has 1 heterocycles. The van der Waals surface area contributed by atoms with Crippen LogP contribution in [0.4, 0.5) is 0 Å². The van der Waals surface area contributed by atoms with Crippen LogP contribution in [0.1, 0.15) is 40.5 Å². The molecule has 9 heteroatoms. The van der Waals surface area contributed by atoms with Crippen LogP contribution >= 0.6 is 0 Å². The Hall–Kier alpha value is -1.38. The van der Waals surface area contributed by atoms with E-state index < -0.39 is 48.1 Å². The summed E-state index contributed by atoms with van der Waals surface area (Å²) in [6.07, 6.45) is -3.04. The van der Waals surface area contributed by atoms with E-state index in [9.17, 15) is 15.0 Å². The highest BCUT2D eigenvalue weighted by atomic mass is 16.6. The molecule has 0 amide bonds. The van der Waals surface area contributed by atoms with Gasteiger partial charge in [-0.05, 0) is 46.1 Å². The minimum absolute atomic E-state index is 0.0655. The molecule has 0 spiro atoms. The highest BCUT2D eigenvalue weighted by Gasteiger charge is 2.41. The van der Waals surface area contributed by atoms with Gasteiger partial charge in [-0.2, -0.15) is 0 Å². The molecule has 0 bridgehead atoms. The lowest BCUT2D eigenvalue weighted by molar-refractivity contribution is -0.156. The van der Waals surface area contributed by atoms with Crippen molar-refractivity contribution in [3.63, 3.8) is 0 Å². The van der Waals surface area contributed by atoms with Gasteiger partial charge >= 0.3 is 5.97 Å². The summed E-state index contributed by atoms with van der Waals surface area (Å²) in [4.78, 5) is 14.6. The second-order valence-electron chi connectivity index (χ2n) is 6.83. The number of rotatable bonds is 6. The lowest BCUT2D eigenvalue weighted by atomic mass is 9.98. The predicted molar refractivity (Wildman–Crippen MR) is 82.3 cm³/mol. The van der Waals surface area contributed by atoms with Gasteiger partial charge in [-0.1, -0.05) is 5.11 Å². The monoisotopic (exact) mass is 330 g/mol. The molecule has 1 rings (SSSR count). The van der Waals surface area contributed by atoms with Crippen molar-refractivity contribution in [2.24, 2.45) is 10.8 Å². The zero-order chi connectivity index (χ0) is 17.8. The van der Waals surface area contributed by atoms with Crippen LogP contribution in [0.3, 0.4) is 0 Å². The van der Waals surface area contributed by atoms with Crippen LogP contribution in [0, 0.1) is 0 Å². The Kier molecular flexibility index (Phi) is 6.79. The van der Waals surface area contributed by atoms with Gasteiger partial charge < -0.3 is 25.4 Å². The van der Waals surface area contributed by atoms with E-state index in [2.05, 4.69) is 10.0 Å². The molecule has 9 nitrogen and oxygen atoms in total. The molecule has 0 aromatic rings. The summed E-state index contributed by atoms with van der Waals surface area (Å²) in [5.41, 5.74) is 13.8. The molecule has 1 aliphatic rings. The molecule has 0 radical (unpaired) electrons. The minimum atomic E-state index is -1.07. The summed E-state index contributed by atoms with van der Waals surface area (Å²) >= 11 is 0. The van der Waals surface area contributed by atoms with Crippen molar-refractivity contribution in [3.8, 4) is 0 Å². The molecule has 0 aliphatic carbocycles. The van der Waals surface area contributed by atoms with E-state index in [1.54, 1.807) is 27.7 Å². The molecule has 0 aromatic heterocycles. The van der Waals surface area contributed by atoms with Gasteiger partial charge in [0.2, 0.25) is 0 Å². The highest BCUT2D eigenvalue weighted by molar-refractivity contribution is 5.75. The molecular formula is C14H26N4O5. The number of aliphatic hydroxyl groups excluding tert-OH is 2. The first-order valence-electron chi connectivity index (χ1n) is 7.59. The zero-order valence-electron chi connectivity index (χ0n) is 13.9. The van der Waals surface area contributed by atoms with Crippen molar-refractivity contribution in [3.05, 3.63) is 10.4 Å².